The number of rotatable bonds is 5. The molecule has 0 aliphatic carbocycles. The summed E-state index contributed by atoms with van der Waals surface area (Å²) < 4.78 is 5.10. The van der Waals surface area contributed by atoms with E-state index in [-0.39, 0.29) is 17.6 Å². The number of nitrogens with one attached hydrogen (secondary N) is 2. The third-order valence-corrected chi connectivity index (χ3v) is 4.64. The first kappa shape index (κ1) is 17.8. The molecule has 0 aliphatic rings. The maximum atomic E-state index is 12.6. The zero-order chi connectivity index (χ0) is 18.5. The van der Waals surface area contributed by atoms with Gasteiger partial charge in [-0.1, -0.05) is 18.2 Å². The minimum absolute atomic E-state index is 0.216. The van der Waals surface area contributed by atoms with Crippen LogP contribution in [0, 0.1) is 6.92 Å². The Morgan fingerprint density at radius 2 is 1.69 bits per heavy atom. The van der Waals surface area contributed by atoms with Gasteiger partial charge in [0.2, 0.25) is 0 Å². The molecule has 3 aromatic rings. The quantitative estimate of drug-likeness (QED) is 0.636. The van der Waals surface area contributed by atoms with Crippen LogP contribution in [0.1, 0.15) is 26.5 Å². The van der Waals surface area contributed by atoms with Crippen LogP contribution in [0.5, 0.6) is 0 Å². The minimum atomic E-state index is -0.358. The molecule has 0 radical (unpaired) electrons. The van der Waals surface area contributed by atoms with E-state index in [1.165, 1.54) is 6.26 Å². The molecule has 0 spiro atoms. The normalized spacial score (nSPS) is 10.4. The fourth-order valence-electron chi connectivity index (χ4n) is 2.43. The Balaban J connectivity index is 1.80. The number of carbonyl (C=O) groups excluding carboxylic acids is 2. The van der Waals surface area contributed by atoms with E-state index in [2.05, 4.69) is 10.6 Å². The molecule has 0 saturated carbocycles. The summed E-state index contributed by atoms with van der Waals surface area (Å²) in [4.78, 5) is 25.8. The molecular weight excluding hydrogens is 348 g/mol. The summed E-state index contributed by atoms with van der Waals surface area (Å²) >= 11 is 1.56. The second-order valence-corrected chi connectivity index (χ2v) is 6.46. The molecule has 0 aliphatic heterocycles. The zero-order valence-electron chi connectivity index (χ0n) is 14.4. The van der Waals surface area contributed by atoms with Crippen molar-refractivity contribution in [3.05, 3.63) is 77.7 Å². The maximum Gasteiger partial charge on any atom is 0.291 e. The molecule has 0 saturated heterocycles. The molecular formula is C20H18N2O3S. The average Bonchev–Trinajstić information content (AvgIpc) is 3.18. The van der Waals surface area contributed by atoms with Crippen LogP contribution in [0.15, 0.2) is 70.2 Å². The average molecular weight is 366 g/mol. The van der Waals surface area contributed by atoms with Crippen molar-refractivity contribution in [3.63, 3.8) is 0 Å². The van der Waals surface area contributed by atoms with E-state index in [9.17, 15) is 9.59 Å². The van der Waals surface area contributed by atoms with Gasteiger partial charge in [0.25, 0.3) is 11.8 Å². The summed E-state index contributed by atoms with van der Waals surface area (Å²) in [6.45, 7) is 1.86. The Morgan fingerprint density at radius 3 is 2.42 bits per heavy atom. The third-order valence-electron chi connectivity index (χ3n) is 3.85. The first-order valence-corrected chi connectivity index (χ1v) is 9.21. The van der Waals surface area contributed by atoms with Crippen LogP contribution in [0.2, 0.25) is 0 Å². The number of para-hydroxylation sites is 1. The van der Waals surface area contributed by atoms with Gasteiger partial charge in [-0.2, -0.15) is 0 Å². The molecule has 0 unspecified atom stereocenters. The monoisotopic (exact) mass is 366 g/mol. The Morgan fingerprint density at radius 1 is 0.923 bits per heavy atom. The van der Waals surface area contributed by atoms with Crippen LogP contribution in [0.4, 0.5) is 11.4 Å². The summed E-state index contributed by atoms with van der Waals surface area (Å²) in [5, 5.41) is 5.69. The van der Waals surface area contributed by atoms with Crippen LogP contribution in [-0.4, -0.2) is 18.1 Å². The highest BCUT2D eigenvalue weighted by Gasteiger charge is 2.14. The van der Waals surface area contributed by atoms with Crippen molar-refractivity contribution in [1.82, 2.24) is 0 Å². The van der Waals surface area contributed by atoms with Gasteiger partial charge in [0, 0.05) is 16.1 Å². The lowest BCUT2D eigenvalue weighted by molar-refractivity contribution is 0.0993. The van der Waals surface area contributed by atoms with E-state index < -0.39 is 0 Å². The highest BCUT2D eigenvalue weighted by atomic mass is 32.2. The number of thioether (sulfide) groups is 1. The standard InChI is InChI=1S/C20H18N2O3S/c1-13-9-10-14(12-16(13)22-20(24)17-7-5-11-25-17)19(23)21-15-6-3-4-8-18(15)26-2/h3-12H,1-2H3,(H,21,23)(H,22,24). The number of amides is 2. The molecule has 0 atom stereocenters. The molecule has 5 nitrogen and oxygen atoms in total. The lowest BCUT2D eigenvalue weighted by Gasteiger charge is -2.12. The lowest BCUT2D eigenvalue weighted by atomic mass is 10.1. The van der Waals surface area contributed by atoms with Crippen LogP contribution in [0.25, 0.3) is 0 Å². The van der Waals surface area contributed by atoms with E-state index in [1.54, 1.807) is 42.1 Å². The van der Waals surface area contributed by atoms with E-state index in [0.717, 1.165) is 16.1 Å². The third kappa shape index (κ3) is 3.97. The number of hydrogen-bond donors (Lipinski definition) is 2. The van der Waals surface area contributed by atoms with Crippen molar-refractivity contribution in [3.8, 4) is 0 Å². The van der Waals surface area contributed by atoms with Crippen molar-refractivity contribution in [1.29, 1.82) is 0 Å². The van der Waals surface area contributed by atoms with E-state index >= 15 is 0 Å². The Hall–Kier alpha value is -2.99. The van der Waals surface area contributed by atoms with Crippen molar-refractivity contribution >= 4 is 35.0 Å². The first-order chi connectivity index (χ1) is 12.6. The first-order valence-electron chi connectivity index (χ1n) is 7.98. The SMILES string of the molecule is CSc1ccccc1NC(=O)c1ccc(C)c(NC(=O)c2ccco2)c1. The molecule has 0 bridgehead atoms. The maximum absolute atomic E-state index is 12.6. The summed E-state index contributed by atoms with van der Waals surface area (Å²) in [7, 11) is 0. The Labute approximate surface area is 155 Å². The van der Waals surface area contributed by atoms with Crippen LogP contribution in [-0.2, 0) is 0 Å². The van der Waals surface area contributed by atoms with Crippen molar-refractivity contribution in [2.75, 3.05) is 16.9 Å². The number of aryl methyl sites for hydroxylation is 1. The van der Waals surface area contributed by atoms with E-state index in [4.69, 9.17) is 4.42 Å². The highest BCUT2D eigenvalue weighted by Crippen LogP contribution is 2.26. The molecule has 1 heterocycles. The van der Waals surface area contributed by atoms with Gasteiger partial charge in [-0.05, 0) is 55.1 Å². The zero-order valence-corrected chi connectivity index (χ0v) is 15.2. The lowest BCUT2D eigenvalue weighted by Crippen LogP contribution is -2.15. The molecule has 0 fully saturated rings. The van der Waals surface area contributed by atoms with Gasteiger partial charge < -0.3 is 15.1 Å². The number of anilines is 2. The second-order valence-electron chi connectivity index (χ2n) is 5.62. The molecule has 132 valence electrons. The molecule has 2 aromatic carbocycles. The van der Waals surface area contributed by atoms with Gasteiger partial charge >= 0.3 is 0 Å². The van der Waals surface area contributed by atoms with Crippen molar-refractivity contribution in [2.45, 2.75) is 11.8 Å². The summed E-state index contributed by atoms with van der Waals surface area (Å²) in [6.07, 6.45) is 3.40. The van der Waals surface area contributed by atoms with Gasteiger partial charge in [-0.25, -0.2) is 0 Å². The number of hydrogen-bond acceptors (Lipinski definition) is 4. The summed E-state index contributed by atoms with van der Waals surface area (Å²) in [6, 6.07) is 16.0. The van der Waals surface area contributed by atoms with Gasteiger partial charge in [-0.15, -0.1) is 11.8 Å². The van der Waals surface area contributed by atoms with E-state index in [1.807, 2.05) is 37.4 Å². The predicted molar refractivity (Wildman–Crippen MR) is 104 cm³/mol. The fourth-order valence-corrected chi connectivity index (χ4v) is 2.99. The topological polar surface area (TPSA) is 71.3 Å². The highest BCUT2D eigenvalue weighted by molar-refractivity contribution is 7.98. The summed E-state index contributed by atoms with van der Waals surface area (Å²) in [5.74, 6) is -0.378. The fraction of sp³-hybridized carbons (Fsp3) is 0.100. The smallest absolute Gasteiger partial charge is 0.291 e. The summed E-state index contributed by atoms with van der Waals surface area (Å²) in [5.41, 5.74) is 2.64. The van der Waals surface area contributed by atoms with Gasteiger partial charge in [-0.3, -0.25) is 9.59 Å². The van der Waals surface area contributed by atoms with Crippen molar-refractivity contribution in [2.24, 2.45) is 0 Å². The molecule has 1 aromatic heterocycles. The van der Waals surface area contributed by atoms with Crippen LogP contribution >= 0.6 is 11.8 Å². The van der Waals surface area contributed by atoms with Gasteiger partial charge in [0.05, 0.1) is 12.0 Å². The Bertz CT molecular complexity index is 936. The van der Waals surface area contributed by atoms with Crippen molar-refractivity contribution < 1.29 is 14.0 Å². The number of furan rings is 1. The predicted octanol–water partition coefficient (Wildman–Crippen LogP) is 4.81. The number of carbonyl (C=O) groups is 2. The molecule has 2 N–H and O–H groups in total. The number of benzene rings is 2. The molecule has 6 heteroatoms. The largest absolute Gasteiger partial charge is 0.459 e. The van der Waals surface area contributed by atoms with Crippen LogP contribution < -0.4 is 10.6 Å². The molecule has 2 amide bonds. The molecule has 26 heavy (non-hydrogen) atoms. The van der Waals surface area contributed by atoms with E-state index in [0.29, 0.717) is 11.3 Å². The van der Waals surface area contributed by atoms with Crippen LogP contribution in [0.3, 0.4) is 0 Å². The Kier molecular flexibility index (Phi) is 5.43. The molecule has 3 rings (SSSR count). The second kappa shape index (κ2) is 7.93. The van der Waals surface area contributed by atoms with Gasteiger partial charge in [0.15, 0.2) is 5.76 Å². The minimum Gasteiger partial charge on any atom is -0.459 e. The van der Waals surface area contributed by atoms with Gasteiger partial charge in [0.1, 0.15) is 0 Å².